The molecule has 0 aliphatic carbocycles. The second-order valence-electron chi connectivity index (χ2n) is 0.408. The van der Waals surface area contributed by atoms with Crippen LogP contribution in [0.3, 0.4) is 0 Å². The minimum atomic E-state index is 0. The van der Waals surface area contributed by atoms with Crippen LogP contribution in [-0.2, 0) is 0 Å². The van der Waals surface area contributed by atoms with Gasteiger partial charge in [-0.15, -0.1) is 0 Å². The summed E-state index contributed by atoms with van der Waals surface area (Å²) in [4.78, 5) is 0. The van der Waals surface area contributed by atoms with Gasteiger partial charge in [-0.3, -0.25) is 0 Å². The zero-order valence-electron chi connectivity index (χ0n) is 3.28. The molecule has 0 rings (SSSR count). The second-order valence-corrected chi connectivity index (χ2v) is 0.408. The molecule has 0 spiro atoms. The quantitative estimate of drug-likeness (QED) is 0.332. The SMILES string of the molecule is [CH2-][CH]C.[Rb+]. The summed E-state index contributed by atoms with van der Waals surface area (Å²) in [5, 5.41) is 0. The van der Waals surface area contributed by atoms with Crippen molar-refractivity contribution in [1.82, 2.24) is 0 Å². The first-order chi connectivity index (χ1) is 1.41. The van der Waals surface area contributed by atoms with Crippen molar-refractivity contribution in [2.45, 2.75) is 6.92 Å². The van der Waals surface area contributed by atoms with Gasteiger partial charge in [0.05, 0.1) is 0 Å². The Morgan fingerprint density at radius 1 is 1.75 bits per heavy atom. The van der Waals surface area contributed by atoms with Crippen LogP contribution in [0.2, 0.25) is 0 Å². The molecule has 0 atom stereocenters. The minimum absolute atomic E-state index is 0. The molecule has 19 valence electrons. The molecule has 0 nitrogen and oxygen atoms in total. The van der Waals surface area contributed by atoms with Gasteiger partial charge in [-0.05, 0) is 0 Å². The van der Waals surface area contributed by atoms with Crippen LogP contribution in [0.15, 0.2) is 0 Å². The van der Waals surface area contributed by atoms with Crippen LogP contribution < -0.4 is 58.2 Å². The van der Waals surface area contributed by atoms with Crippen LogP contribution >= 0.6 is 0 Å². The fraction of sp³-hybridized carbons (Fsp3) is 0.333. The van der Waals surface area contributed by atoms with Gasteiger partial charge in [0.15, 0.2) is 0 Å². The molecule has 0 aliphatic rings. The van der Waals surface area contributed by atoms with Crippen LogP contribution in [0.5, 0.6) is 0 Å². The molecule has 0 amide bonds. The van der Waals surface area contributed by atoms with E-state index in [4.69, 9.17) is 0 Å². The monoisotopic (exact) mass is 127 g/mol. The van der Waals surface area contributed by atoms with Crippen molar-refractivity contribution in [2.24, 2.45) is 0 Å². The molecular formula is C3H6Rb. The van der Waals surface area contributed by atoms with Gasteiger partial charge in [-0.2, -0.15) is 6.42 Å². The Kier molecular flexibility index (Phi) is 20.5. The number of hydrogen-bond donors (Lipinski definition) is 0. The van der Waals surface area contributed by atoms with Gasteiger partial charge in [0.1, 0.15) is 0 Å². The maximum Gasteiger partial charge on any atom is 1.00 e. The first-order valence-electron chi connectivity index (χ1n) is 0.986. The molecule has 4 heavy (non-hydrogen) atoms. The zero-order chi connectivity index (χ0) is 2.71. The van der Waals surface area contributed by atoms with Crippen molar-refractivity contribution in [3.05, 3.63) is 13.3 Å². The molecule has 1 radical (unpaired) electrons. The van der Waals surface area contributed by atoms with Gasteiger partial charge >= 0.3 is 58.2 Å². The van der Waals surface area contributed by atoms with Crippen LogP contribution in [-0.4, -0.2) is 0 Å². The standard InChI is InChI=1S/C3H6.Rb/c1-3-2;/h3H,1H2,2H3;/q-1;+1. The van der Waals surface area contributed by atoms with E-state index >= 15 is 0 Å². The smallest absolute Gasteiger partial charge is 0.343 e. The summed E-state index contributed by atoms with van der Waals surface area (Å²) in [5.41, 5.74) is 0. The van der Waals surface area contributed by atoms with Gasteiger partial charge in [0.25, 0.3) is 0 Å². The third kappa shape index (κ3) is 9.19. The molecule has 0 heterocycles. The average molecular weight is 128 g/mol. The Hall–Kier alpha value is 1.81. The van der Waals surface area contributed by atoms with Gasteiger partial charge in [-0.25, -0.2) is 0 Å². The maximum atomic E-state index is 3.36. The summed E-state index contributed by atoms with van der Waals surface area (Å²) in [6, 6.07) is 0. The fourth-order valence-corrected chi connectivity index (χ4v) is 0. The van der Waals surface area contributed by atoms with Crippen molar-refractivity contribution in [3.8, 4) is 0 Å². The number of rotatable bonds is 0. The maximum absolute atomic E-state index is 3.36. The Morgan fingerprint density at radius 3 is 1.75 bits per heavy atom. The fourth-order valence-electron chi connectivity index (χ4n) is 0. The van der Waals surface area contributed by atoms with Crippen molar-refractivity contribution in [3.63, 3.8) is 0 Å². The molecule has 0 aromatic heterocycles. The summed E-state index contributed by atoms with van der Waals surface area (Å²) in [7, 11) is 0. The van der Waals surface area contributed by atoms with Gasteiger partial charge < -0.3 is 6.92 Å². The van der Waals surface area contributed by atoms with E-state index in [0.29, 0.717) is 0 Å². The molecule has 0 aromatic rings. The first-order valence-corrected chi connectivity index (χ1v) is 0.986. The summed E-state index contributed by atoms with van der Waals surface area (Å²) < 4.78 is 0. The molecule has 0 unspecified atom stereocenters. The first kappa shape index (κ1) is 9.26. The van der Waals surface area contributed by atoms with E-state index in [1.54, 1.807) is 6.42 Å². The van der Waals surface area contributed by atoms with Crippen molar-refractivity contribution >= 4 is 0 Å². The van der Waals surface area contributed by atoms with E-state index in [1.807, 2.05) is 6.92 Å². The van der Waals surface area contributed by atoms with Crippen LogP contribution in [0.1, 0.15) is 6.92 Å². The molecular weight excluding hydrogens is 122 g/mol. The normalized spacial score (nSPS) is 4.50. The van der Waals surface area contributed by atoms with Gasteiger partial charge in [-0.1, -0.05) is 6.92 Å². The second kappa shape index (κ2) is 8.84. The third-order valence-electron chi connectivity index (χ3n) is 0. The summed E-state index contributed by atoms with van der Waals surface area (Å²) >= 11 is 0. The van der Waals surface area contributed by atoms with E-state index in [-0.39, 0.29) is 58.2 Å². The van der Waals surface area contributed by atoms with Gasteiger partial charge in [0.2, 0.25) is 0 Å². The molecule has 0 aliphatic heterocycles. The predicted octanol–water partition coefficient (Wildman–Crippen LogP) is -1.95. The molecule has 0 saturated heterocycles. The molecule has 0 bridgehead atoms. The molecule has 1 heteroatoms. The van der Waals surface area contributed by atoms with E-state index in [2.05, 4.69) is 6.92 Å². The predicted molar refractivity (Wildman–Crippen MR) is 15.3 cm³/mol. The van der Waals surface area contributed by atoms with E-state index in [0.717, 1.165) is 0 Å². The van der Waals surface area contributed by atoms with Crippen molar-refractivity contribution in [1.29, 1.82) is 0 Å². The summed E-state index contributed by atoms with van der Waals surface area (Å²) in [6.07, 6.45) is 1.75. The summed E-state index contributed by atoms with van der Waals surface area (Å²) in [6.45, 7) is 5.25. The number of hydrogen-bond acceptors (Lipinski definition) is 0. The topological polar surface area (TPSA) is 0 Å². The van der Waals surface area contributed by atoms with Crippen molar-refractivity contribution < 1.29 is 58.2 Å². The Bertz CT molecular complexity index is 3.25. The van der Waals surface area contributed by atoms with Gasteiger partial charge in [0, 0.05) is 0 Å². The van der Waals surface area contributed by atoms with E-state index < -0.39 is 0 Å². The van der Waals surface area contributed by atoms with Crippen LogP contribution in [0.4, 0.5) is 0 Å². The van der Waals surface area contributed by atoms with E-state index in [9.17, 15) is 0 Å². The van der Waals surface area contributed by atoms with Crippen LogP contribution in [0.25, 0.3) is 0 Å². The largest absolute Gasteiger partial charge is 1.00 e. The average Bonchev–Trinajstić information content (AvgIpc) is 0.918. The molecule has 0 fully saturated rings. The summed E-state index contributed by atoms with van der Waals surface area (Å²) in [5.74, 6) is 0. The Morgan fingerprint density at radius 2 is 1.75 bits per heavy atom. The van der Waals surface area contributed by atoms with E-state index in [1.165, 1.54) is 0 Å². The third-order valence-corrected chi connectivity index (χ3v) is 0. The zero-order valence-corrected chi connectivity index (χ0v) is 8.20. The Labute approximate surface area is 76.8 Å². The molecule has 0 saturated carbocycles. The molecule has 0 aromatic carbocycles. The molecule has 0 N–H and O–H groups in total. The minimum Gasteiger partial charge on any atom is -0.343 e. The Balaban J connectivity index is 0. The van der Waals surface area contributed by atoms with Crippen molar-refractivity contribution in [2.75, 3.05) is 0 Å². The van der Waals surface area contributed by atoms with Crippen LogP contribution in [0, 0.1) is 13.3 Å².